The molecule has 1 atom stereocenters. The molecule has 1 aromatic rings. The van der Waals surface area contributed by atoms with E-state index in [9.17, 15) is 4.79 Å². The molecule has 0 aromatic heterocycles. The molecule has 2 saturated heterocycles. The summed E-state index contributed by atoms with van der Waals surface area (Å²) < 4.78 is 0. The van der Waals surface area contributed by atoms with Crippen LogP contribution in [0.3, 0.4) is 0 Å². The van der Waals surface area contributed by atoms with E-state index in [2.05, 4.69) is 22.0 Å². The Bertz CT molecular complexity index is 740. The zero-order valence-electron chi connectivity index (χ0n) is 17.7. The third-order valence-corrected chi connectivity index (χ3v) is 6.37. The summed E-state index contributed by atoms with van der Waals surface area (Å²) in [7, 11) is 0. The molecule has 1 aliphatic carbocycles. The summed E-state index contributed by atoms with van der Waals surface area (Å²) >= 11 is 5.96. The van der Waals surface area contributed by atoms with Gasteiger partial charge >= 0.3 is 0 Å². The second-order valence-corrected chi connectivity index (χ2v) is 8.88. The molecule has 3 aliphatic rings. The number of hydrogen-bond acceptors (Lipinski definition) is 3. The Morgan fingerprint density at radius 3 is 2.60 bits per heavy atom. The van der Waals surface area contributed by atoms with Crippen molar-refractivity contribution >= 4 is 47.4 Å². The van der Waals surface area contributed by atoms with Gasteiger partial charge < -0.3 is 20.0 Å². The maximum absolute atomic E-state index is 12.7. The Labute approximate surface area is 202 Å². The number of nitrogens with one attached hydrogen (secondary N) is 1. The van der Waals surface area contributed by atoms with Crippen LogP contribution in [0.1, 0.15) is 31.7 Å². The first-order chi connectivity index (χ1) is 14.1. The molecule has 0 bridgehead atoms. The van der Waals surface area contributed by atoms with Crippen molar-refractivity contribution in [3.63, 3.8) is 0 Å². The minimum atomic E-state index is 0. The van der Waals surface area contributed by atoms with Gasteiger partial charge in [-0.25, -0.2) is 0 Å². The van der Waals surface area contributed by atoms with Crippen LogP contribution in [0.15, 0.2) is 29.3 Å². The predicted molar refractivity (Wildman–Crippen MR) is 133 cm³/mol. The summed E-state index contributed by atoms with van der Waals surface area (Å²) in [6.45, 7) is 8.70. The lowest BCUT2D eigenvalue weighted by Gasteiger charge is -2.36. The van der Waals surface area contributed by atoms with Gasteiger partial charge in [-0.1, -0.05) is 23.7 Å². The summed E-state index contributed by atoms with van der Waals surface area (Å²) in [4.78, 5) is 24.3. The van der Waals surface area contributed by atoms with Crippen molar-refractivity contribution in [2.24, 2.45) is 10.9 Å². The van der Waals surface area contributed by atoms with Crippen molar-refractivity contribution in [2.45, 2.75) is 38.8 Å². The monoisotopic (exact) mass is 545 g/mol. The normalized spacial score (nSPS) is 22.9. The van der Waals surface area contributed by atoms with E-state index in [1.54, 1.807) is 0 Å². The zero-order valence-corrected chi connectivity index (χ0v) is 20.8. The van der Waals surface area contributed by atoms with Gasteiger partial charge in [0.2, 0.25) is 5.91 Å². The Morgan fingerprint density at radius 1 is 1.17 bits per heavy atom. The number of halogens is 2. The average molecular weight is 546 g/mol. The minimum Gasteiger partial charge on any atom is -0.357 e. The van der Waals surface area contributed by atoms with E-state index in [4.69, 9.17) is 16.6 Å². The highest BCUT2D eigenvalue weighted by atomic mass is 127. The van der Waals surface area contributed by atoms with Gasteiger partial charge in [-0.3, -0.25) is 9.79 Å². The maximum atomic E-state index is 12.7. The number of benzene rings is 1. The lowest BCUT2D eigenvalue weighted by molar-refractivity contribution is -0.135. The molecule has 1 aromatic carbocycles. The fraction of sp³-hybridized carbons (Fsp3) is 0.636. The molecule has 6 nitrogen and oxygen atoms in total. The van der Waals surface area contributed by atoms with Crippen molar-refractivity contribution in [3.8, 4) is 0 Å². The van der Waals surface area contributed by atoms with Crippen molar-refractivity contribution in [3.05, 3.63) is 34.9 Å². The van der Waals surface area contributed by atoms with E-state index in [-0.39, 0.29) is 29.9 Å². The third-order valence-electron chi connectivity index (χ3n) is 6.12. The first kappa shape index (κ1) is 23.6. The van der Waals surface area contributed by atoms with Crippen LogP contribution in [0.25, 0.3) is 0 Å². The second kappa shape index (κ2) is 11.0. The van der Waals surface area contributed by atoms with Crippen LogP contribution in [0.2, 0.25) is 5.02 Å². The molecule has 166 valence electrons. The van der Waals surface area contributed by atoms with E-state index < -0.39 is 0 Å². The predicted octanol–water partition coefficient (Wildman–Crippen LogP) is 3.05. The molecule has 1 N–H and O–H groups in total. The largest absolute Gasteiger partial charge is 0.357 e. The maximum Gasteiger partial charge on any atom is 0.242 e. The van der Waals surface area contributed by atoms with Gasteiger partial charge in [-0.05, 0) is 56.3 Å². The van der Waals surface area contributed by atoms with E-state index in [1.807, 2.05) is 29.2 Å². The molecule has 1 amide bonds. The molecular weight excluding hydrogens is 513 g/mol. The van der Waals surface area contributed by atoms with Gasteiger partial charge in [0.05, 0.1) is 6.54 Å². The number of carbonyl (C=O) groups excluding carboxylic acids is 1. The highest BCUT2D eigenvalue weighted by molar-refractivity contribution is 14.0. The number of likely N-dealkylation sites (tertiary alicyclic amines) is 1. The van der Waals surface area contributed by atoms with Crippen LogP contribution < -0.4 is 5.32 Å². The van der Waals surface area contributed by atoms with Crippen molar-refractivity contribution < 1.29 is 4.79 Å². The van der Waals surface area contributed by atoms with Gasteiger partial charge in [-0.2, -0.15) is 0 Å². The Kier molecular flexibility index (Phi) is 8.65. The molecule has 2 aliphatic heterocycles. The molecule has 3 fully saturated rings. The molecule has 4 rings (SSSR count). The van der Waals surface area contributed by atoms with Crippen LogP contribution in [0.5, 0.6) is 0 Å². The topological polar surface area (TPSA) is 51.2 Å². The molecule has 1 saturated carbocycles. The van der Waals surface area contributed by atoms with E-state index in [0.717, 1.165) is 42.2 Å². The summed E-state index contributed by atoms with van der Waals surface area (Å²) in [5.74, 6) is 1.68. The van der Waals surface area contributed by atoms with E-state index in [1.165, 1.54) is 32.4 Å². The molecule has 2 heterocycles. The first-order valence-corrected chi connectivity index (χ1v) is 11.3. The molecular formula is C22H33ClIN5O. The highest BCUT2D eigenvalue weighted by Gasteiger charge is 2.34. The smallest absolute Gasteiger partial charge is 0.242 e. The lowest BCUT2D eigenvalue weighted by atomic mass is 10.1. The van der Waals surface area contributed by atoms with Crippen LogP contribution in [0, 0.1) is 5.92 Å². The number of hydrogen-bond donors (Lipinski definition) is 1. The number of rotatable bonds is 6. The fourth-order valence-electron chi connectivity index (χ4n) is 4.29. The van der Waals surface area contributed by atoms with Gasteiger partial charge in [0.1, 0.15) is 0 Å². The SMILES string of the molecule is CCNC(=NCC1CCN(C2CC2)C1)N1CCN(Cc2ccc(Cl)cc2)C(=O)C1.I. The lowest BCUT2D eigenvalue weighted by Crippen LogP contribution is -2.55. The van der Waals surface area contributed by atoms with Crippen molar-refractivity contribution in [1.82, 2.24) is 20.0 Å². The van der Waals surface area contributed by atoms with Crippen molar-refractivity contribution in [2.75, 3.05) is 45.8 Å². The van der Waals surface area contributed by atoms with Crippen LogP contribution >= 0.6 is 35.6 Å². The molecule has 8 heteroatoms. The number of amides is 1. The van der Waals surface area contributed by atoms with Crippen LogP contribution in [0.4, 0.5) is 0 Å². The molecule has 0 radical (unpaired) electrons. The van der Waals surface area contributed by atoms with Crippen molar-refractivity contribution in [1.29, 1.82) is 0 Å². The Balaban J connectivity index is 0.00000256. The summed E-state index contributed by atoms with van der Waals surface area (Å²) in [5.41, 5.74) is 1.11. The zero-order chi connectivity index (χ0) is 20.2. The average Bonchev–Trinajstić information content (AvgIpc) is 3.46. The van der Waals surface area contributed by atoms with E-state index >= 15 is 0 Å². The van der Waals surface area contributed by atoms with Gasteiger partial charge in [0.25, 0.3) is 0 Å². The summed E-state index contributed by atoms with van der Waals surface area (Å²) in [6, 6.07) is 8.57. The fourth-order valence-corrected chi connectivity index (χ4v) is 4.42. The number of nitrogens with zero attached hydrogens (tertiary/aromatic N) is 4. The second-order valence-electron chi connectivity index (χ2n) is 8.44. The number of aliphatic imine (C=N–C) groups is 1. The molecule has 1 unspecified atom stereocenters. The van der Waals surface area contributed by atoms with E-state index in [0.29, 0.717) is 25.6 Å². The number of guanidine groups is 1. The Morgan fingerprint density at radius 2 is 1.93 bits per heavy atom. The van der Waals surface area contributed by atoms with Gasteiger partial charge in [-0.15, -0.1) is 24.0 Å². The van der Waals surface area contributed by atoms with Gasteiger partial charge in [0, 0.05) is 50.3 Å². The first-order valence-electron chi connectivity index (χ1n) is 10.9. The number of piperazine rings is 1. The molecule has 30 heavy (non-hydrogen) atoms. The number of carbonyl (C=O) groups is 1. The van der Waals surface area contributed by atoms with Crippen LogP contribution in [-0.2, 0) is 11.3 Å². The summed E-state index contributed by atoms with van der Waals surface area (Å²) in [5, 5.41) is 4.11. The van der Waals surface area contributed by atoms with Gasteiger partial charge in [0.15, 0.2) is 5.96 Å². The highest BCUT2D eigenvalue weighted by Crippen LogP contribution is 2.31. The molecule has 0 spiro atoms. The summed E-state index contributed by atoms with van der Waals surface area (Å²) in [6.07, 6.45) is 4.00. The Hall–Kier alpha value is -1.06. The third kappa shape index (κ3) is 6.23. The minimum absolute atomic E-state index is 0. The quantitative estimate of drug-likeness (QED) is 0.339. The van der Waals surface area contributed by atoms with Crippen LogP contribution in [-0.4, -0.2) is 78.4 Å². The standard InChI is InChI=1S/C22H32ClN5O.HI/c1-2-24-22(25-13-18-9-10-26(15-18)20-7-8-20)28-12-11-27(21(29)16-28)14-17-3-5-19(23)6-4-17;/h3-6,18,20H,2,7-16H2,1H3,(H,24,25);1H.